The van der Waals surface area contributed by atoms with Crippen molar-refractivity contribution in [2.75, 3.05) is 6.61 Å². The molecule has 2 heterocycles. The summed E-state index contributed by atoms with van der Waals surface area (Å²) in [7, 11) is 0. The van der Waals surface area contributed by atoms with Crippen LogP contribution in [0.2, 0.25) is 0 Å². The number of benzene rings is 1. The first-order chi connectivity index (χ1) is 10.5. The van der Waals surface area contributed by atoms with E-state index < -0.39 is 17.7 Å². The molecular weight excluding hydrogens is 288 g/mol. The van der Waals surface area contributed by atoms with Crippen LogP contribution in [0.4, 0.5) is 8.78 Å². The third-order valence-corrected chi connectivity index (χ3v) is 4.93. The van der Waals surface area contributed by atoms with Gasteiger partial charge in [0.05, 0.1) is 24.7 Å². The maximum absolute atomic E-state index is 13.7. The zero-order chi connectivity index (χ0) is 15.7. The van der Waals surface area contributed by atoms with Crippen LogP contribution in [0.5, 0.6) is 0 Å². The van der Waals surface area contributed by atoms with Gasteiger partial charge in [-0.2, -0.15) is 0 Å². The second-order valence-electron chi connectivity index (χ2n) is 6.57. The van der Waals surface area contributed by atoms with Crippen LogP contribution in [-0.2, 0) is 9.53 Å². The molecule has 5 heteroatoms. The predicted octanol–water partition coefficient (Wildman–Crippen LogP) is 3.49. The van der Waals surface area contributed by atoms with Crippen molar-refractivity contribution in [1.29, 1.82) is 0 Å². The smallest absolute Gasteiger partial charge is 0.223 e. The maximum Gasteiger partial charge on any atom is 0.223 e. The van der Waals surface area contributed by atoms with Crippen molar-refractivity contribution in [1.82, 2.24) is 5.32 Å². The number of halogens is 2. The molecule has 1 amide bonds. The summed E-state index contributed by atoms with van der Waals surface area (Å²) in [5.41, 5.74) is -0.0413. The Hall–Kier alpha value is -1.49. The van der Waals surface area contributed by atoms with Crippen LogP contribution in [0, 0.1) is 17.6 Å². The minimum atomic E-state index is -0.639. The molecule has 2 bridgehead atoms. The summed E-state index contributed by atoms with van der Waals surface area (Å²) in [4.78, 5) is 12.3. The van der Waals surface area contributed by atoms with Crippen LogP contribution in [0.3, 0.4) is 0 Å². The Bertz CT molecular complexity index is 554. The zero-order valence-corrected chi connectivity index (χ0v) is 12.7. The average molecular weight is 309 g/mol. The quantitative estimate of drug-likeness (QED) is 0.924. The lowest BCUT2D eigenvalue weighted by molar-refractivity contribution is -0.158. The highest BCUT2D eigenvalue weighted by molar-refractivity contribution is 5.77. The predicted molar refractivity (Wildman–Crippen MR) is 78.2 cm³/mol. The first-order valence-electron chi connectivity index (χ1n) is 7.86. The van der Waals surface area contributed by atoms with Gasteiger partial charge in [-0.25, -0.2) is 8.78 Å². The van der Waals surface area contributed by atoms with Crippen molar-refractivity contribution < 1.29 is 18.3 Å². The Kier molecular flexibility index (Phi) is 4.17. The number of amides is 1. The Morgan fingerprint density at radius 3 is 2.73 bits per heavy atom. The number of carbonyl (C=O) groups is 1. The third-order valence-electron chi connectivity index (χ3n) is 4.93. The Morgan fingerprint density at radius 1 is 1.41 bits per heavy atom. The van der Waals surface area contributed by atoms with E-state index in [-0.39, 0.29) is 11.5 Å². The molecule has 1 N–H and O–H groups in total. The first kappa shape index (κ1) is 15.4. The van der Waals surface area contributed by atoms with Gasteiger partial charge in [-0.15, -0.1) is 0 Å². The van der Waals surface area contributed by atoms with Crippen LogP contribution >= 0.6 is 0 Å². The Balaban J connectivity index is 1.61. The summed E-state index contributed by atoms with van der Waals surface area (Å²) in [6, 6.07) is 2.91. The van der Waals surface area contributed by atoms with Crippen LogP contribution in [0.15, 0.2) is 18.2 Å². The van der Waals surface area contributed by atoms with E-state index in [1.54, 1.807) is 6.92 Å². The van der Waals surface area contributed by atoms with Crippen molar-refractivity contribution >= 4 is 5.91 Å². The minimum Gasteiger partial charge on any atom is -0.374 e. The van der Waals surface area contributed by atoms with Gasteiger partial charge in [-0.3, -0.25) is 4.79 Å². The molecule has 1 atom stereocenters. The molecule has 1 aromatic carbocycles. The standard InChI is InChI=1S/C17H21F2NO2/c1-11(14-3-2-13(18)8-15(14)19)20-16(21)9-17-6-4-12(5-7-17)10-22-17/h2-3,8,11-12H,4-7,9-10H2,1H3,(H,20,21)/t11-,12?,17?/m0/s1. The highest BCUT2D eigenvalue weighted by Crippen LogP contribution is 2.43. The molecule has 3 fully saturated rings. The molecule has 1 aliphatic carbocycles. The van der Waals surface area contributed by atoms with Crippen LogP contribution in [0.1, 0.15) is 50.6 Å². The summed E-state index contributed by atoms with van der Waals surface area (Å²) in [5, 5.41) is 2.80. The summed E-state index contributed by atoms with van der Waals surface area (Å²) in [6.45, 7) is 2.44. The van der Waals surface area contributed by atoms with E-state index in [1.807, 2.05) is 0 Å². The van der Waals surface area contributed by atoms with Crippen molar-refractivity contribution in [3.05, 3.63) is 35.4 Å². The molecule has 1 saturated carbocycles. The van der Waals surface area contributed by atoms with Crippen LogP contribution < -0.4 is 5.32 Å². The van der Waals surface area contributed by atoms with Gasteiger partial charge in [0.2, 0.25) is 5.91 Å². The molecule has 3 nitrogen and oxygen atoms in total. The molecule has 22 heavy (non-hydrogen) atoms. The van der Waals surface area contributed by atoms with Gasteiger partial charge in [0.25, 0.3) is 0 Å². The highest BCUT2D eigenvalue weighted by atomic mass is 19.1. The molecule has 4 rings (SSSR count). The molecular formula is C17H21F2NO2. The number of hydrogen-bond acceptors (Lipinski definition) is 2. The zero-order valence-electron chi connectivity index (χ0n) is 12.7. The van der Waals surface area contributed by atoms with E-state index in [1.165, 1.54) is 12.1 Å². The van der Waals surface area contributed by atoms with Gasteiger partial charge < -0.3 is 10.1 Å². The van der Waals surface area contributed by atoms with Crippen LogP contribution in [0.25, 0.3) is 0 Å². The van der Waals surface area contributed by atoms with E-state index >= 15 is 0 Å². The summed E-state index contributed by atoms with van der Waals surface area (Å²) < 4.78 is 32.6. The number of carbonyl (C=O) groups excluding carboxylic acids is 1. The first-order valence-corrected chi connectivity index (χ1v) is 7.86. The molecule has 2 aliphatic heterocycles. The molecule has 2 saturated heterocycles. The normalized spacial score (nSPS) is 28.4. The van der Waals surface area contributed by atoms with Gasteiger partial charge in [-0.1, -0.05) is 6.07 Å². The monoisotopic (exact) mass is 309 g/mol. The number of hydrogen-bond donors (Lipinski definition) is 1. The lowest BCUT2D eigenvalue weighted by atomic mass is 9.74. The lowest BCUT2D eigenvalue weighted by Crippen LogP contribution is -2.48. The van der Waals surface area contributed by atoms with Gasteiger partial charge >= 0.3 is 0 Å². The summed E-state index contributed by atoms with van der Waals surface area (Å²) in [6.07, 6.45) is 4.40. The van der Waals surface area contributed by atoms with E-state index in [9.17, 15) is 13.6 Å². The molecule has 0 spiro atoms. The van der Waals surface area contributed by atoms with Crippen molar-refractivity contribution in [2.45, 2.75) is 50.7 Å². The number of ether oxygens (including phenoxy) is 1. The van der Waals surface area contributed by atoms with E-state index in [0.29, 0.717) is 17.9 Å². The largest absolute Gasteiger partial charge is 0.374 e. The van der Waals surface area contributed by atoms with Crippen LogP contribution in [-0.4, -0.2) is 18.1 Å². The molecule has 0 radical (unpaired) electrons. The number of rotatable bonds is 4. The summed E-state index contributed by atoms with van der Waals surface area (Å²) >= 11 is 0. The third kappa shape index (κ3) is 3.14. The second kappa shape index (κ2) is 5.95. The maximum atomic E-state index is 13.7. The van der Waals surface area contributed by atoms with Gasteiger partial charge in [0.1, 0.15) is 11.6 Å². The highest BCUT2D eigenvalue weighted by Gasteiger charge is 2.43. The molecule has 1 aromatic rings. The minimum absolute atomic E-state index is 0.142. The van der Waals surface area contributed by atoms with E-state index in [0.717, 1.165) is 38.4 Å². The molecule has 0 unspecified atom stereocenters. The topological polar surface area (TPSA) is 38.3 Å². The van der Waals surface area contributed by atoms with Gasteiger partial charge in [0, 0.05) is 11.6 Å². The Morgan fingerprint density at radius 2 is 2.14 bits per heavy atom. The van der Waals surface area contributed by atoms with Crippen molar-refractivity contribution in [3.8, 4) is 0 Å². The van der Waals surface area contributed by atoms with Crippen molar-refractivity contribution in [3.63, 3.8) is 0 Å². The summed E-state index contributed by atoms with van der Waals surface area (Å²) in [5.74, 6) is -0.750. The molecule has 120 valence electrons. The lowest BCUT2D eigenvalue weighted by Gasteiger charge is -2.46. The number of fused-ring (bicyclic) bond motifs is 3. The fourth-order valence-corrected chi connectivity index (χ4v) is 3.55. The average Bonchev–Trinajstić information content (AvgIpc) is 2.48. The van der Waals surface area contributed by atoms with E-state index in [4.69, 9.17) is 4.74 Å². The number of nitrogens with one attached hydrogen (secondary N) is 1. The van der Waals surface area contributed by atoms with Gasteiger partial charge in [0.15, 0.2) is 0 Å². The second-order valence-corrected chi connectivity index (χ2v) is 6.57. The van der Waals surface area contributed by atoms with Crippen molar-refractivity contribution in [2.24, 2.45) is 5.92 Å². The van der Waals surface area contributed by atoms with Gasteiger partial charge in [-0.05, 0) is 44.6 Å². The molecule has 0 aromatic heterocycles. The SMILES string of the molecule is C[C@H](NC(=O)CC12CCC(CC1)CO2)c1ccc(F)cc1F. The Labute approximate surface area is 129 Å². The fourth-order valence-electron chi connectivity index (χ4n) is 3.55. The fraction of sp³-hybridized carbons (Fsp3) is 0.588. The van der Waals surface area contributed by atoms with E-state index in [2.05, 4.69) is 5.32 Å². The molecule has 3 aliphatic rings.